The Kier molecular flexibility index (Phi) is 6.06. The summed E-state index contributed by atoms with van der Waals surface area (Å²) in [6.45, 7) is 4.79. The minimum absolute atomic E-state index is 0.106. The lowest BCUT2D eigenvalue weighted by molar-refractivity contribution is 0.0632. The summed E-state index contributed by atoms with van der Waals surface area (Å²) >= 11 is 1.23. The third kappa shape index (κ3) is 5.01. The molecule has 0 atom stereocenters. The second kappa shape index (κ2) is 9.26. The maximum absolute atomic E-state index is 12.8. The Hall–Kier alpha value is -2.61. The highest BCUT2D eigenvalue weighted by molar-refractivity contribution is 7.95. The Labute approximate surface area is 186 Å². The van der Waals surface area contributed by atoms with Crippen LogP contribution in [0.1, 0.15) is 23.2 Å². The Morgan fingerprint density at radius 1 is 1.03 bits per heavy atom. The van der Waals surface area contributed by atoms with Crippen molar-refractivity contribution in [3.63, 3.8) is 0 Å². The lowest BCUT2D eigenvalue weighted by atomic mass is 10.1. The standard InChI is InChI=1S/C24H26N4O2S/c29-24(28-15-13-27(14-16-28)17-18-6-7-18)20-8-10-21(11-9-20)26-30-31-22-5-1-3-19-4-2-12-25-23(19)22/h1-5,8-12,18,26H,6-7,13-17H2. The minimum Gasteiger partial charge on any atom is -0.336 e. The number of hydrogen-bond acceptors (Lipinski definition) is 6. The molecule has 1 amide bonds. The first-order valence-corrected chi connectivity index (χ1v) is 11.6. The van der Waals surface area contributed by atoms with Crippen molar-refractivity contribution < 1.29 is 9.08 Å². The predicted octanol–water partition coefficient (Wildman–Crippen LogP) is 4.45. The summed E-state index contributed by atoms with van der Waals surface area (Å²) in [5.41, 5.74) is 5.36. The Morgan fingerprint density at radius 2 is 1.81 bits per heavy atom. The fourth-order valence-corrected chi connectivity index (χ4v) is 4.53. The van der Waals surface area contributed by atoms with Crippen molar-refractivity contribution >= 4 is 34.5 Å². The molecule has 5 rings (SSSR count). The van der Waals surface area contributed by atoms with Gasteiger partial charge < -0.3 is 4.90 Å². The molecule has 1 aromatic heterocycles. The highest BCUT2D eigenvalue weighted by atomic mass is 32.2. The molecule has 0 radical (unpaired) electrons. The van der Waals surface area contributed by atoms with Crippen molar-refractivity contribution in [2.24, 2.45) is 5.92 Å². The van der Waals surface area contributed by atoms with E-state index in [9.17, 15) is 4.79 Å². The van der Waals surface area contributed by atoms with Gasteiger partial charge in [0.05, 0.1) is 28.1 Å². The fourth-order valence-electron chi connectivity index (χ4n) is 3.92. The Morgan fingerprint density at radius 3 is 2.58 bits per heavy atom. The average Bonchev–Trinajstić information content (AvgIpc) is 3.64. The summed E-state index contributed by atoms with van der Waals surface area (Å²) < 4.78 is 5.60. The van der Waals surface area contributed by atoms with Crippen molar-refractivity contribution in [3.05, 3.63) is 66.4 Å². The highest BCUT2D eigenvalue weighted by Gasteiger charge is 2.27. The van der Waals surface area contributed by atoms with Crippen LogP contribution in [0.25, 0.3) is 10.9 Å². The zero-order valence-corrected chi connectivity index (χ0v) is 18.2. The van der Waals surface area contributed by atoms with Crippen molar-refractivity contribution in [1.82, 2.24) is 14.8 Å². The third-order valence-electron chi connectivity index (χ3n) is 5.89. The van der Waals surface area contributed by atoms with Gasteiger partial charge in [0.2, 0.25) is 0 Å². The van der Waals surface area contributed by atoms with Gasteiger partial charge in [-0.15, -0.1) is 0 Å². The largest absolute Gasteiger partial charge is 0.336 e. The monoisotopic (exact) mass is 434 g/mol. The summed E-state index contributed by atoms with van der Waals surface area (Å²) in [6, 6.07) is 17.4. The number of benzene rings is 2. The maximum Gasteiger partial charge on any atom is 0.253 e. The summed E-state index contributed by atoms with van der Waals surface area (Å²) in [5.74, 6) is 1.01. The molecule has 3 aromatic rings. The smallest absolute Gasteiger partial charge is 0.253 e. The molecule has 6 nitrogen and oxygen atoms in total. The van der Waals surface area contributed by atoms with Gasteiger partial charge in [-0.05, 0) is 55.2 Å². The van der Waals surface area contributed by atoms with Crippen LogP contribution < -0.4 is 5.48 Å². The lowest BCUT2D eigenvalue weighted by Gasteiger charge is -2.34. The van der Waals surface area contributed by atoms with Crippen LogP contribution in [0.2, 0.25) is 0 Å². The van der Waals surface area contributed by atoms with Crippen LogP contribution in [0.3, 0.4) is 0 Å². The Balaban J connectivity index is 1.12. The minimum atomic E-state index is 0.106. The van der Waals surface area contributed by atoms with Gasteiger partial charge in [0.15, 0.2) is 0 Å². The number of anilines is 1. The number of aromatic nitrogens is 1. The number of nitrogens with one attached hydrogen (secondary N) is 1. The van der Waals surface area contributed by atoms with Gasteiger partial charge in [-0.2, -0.15) is 4.28 Å². The van der Waals surface area contributed by atoms with Crippen molar-refractivity contribution in [2.45, 2.75) is 17.7 Å². The normalized spacial score (nSPS) is 17.1. The highest BCUT2D eigenvalue weighted by Crippen LogP contribution is 2.30. The van der Waals surface area contributed by atoms with Gasteiger partial charge in [-0.1, -0.05) is 18.2 Å². The molecule has 1 aliphatic carbocycles. The molecule has 2 aromatic carbocycles. The molecular weight excluding hydrogens is 408 g/mol. The fraction of sp³-hybridized carbons (Fsp3) is 0.333. The molecule has 1 aliphatic heterocycles. The van der Waals surface area contributed by atoms with E-state index in [1.807, 2.05) is 59.5 Å². The number of carbonyl (C=O) groups excluding carboxylic acids is 1. The van der Waals surface area contributed by atoms with E-state index in [0.29, 0.717) is 5.56 Å². The topological polar surface area (TPSA) is 57.7 Å². The van der Waals surface area contributed by atoms with Crippen LogP contribution in [0.5, 0.6) is 0 Å². The molecule has 1 saturated heterocycles. The zero-order valence-electron chi connectivity index (χ0n) is 17.4. The third-order valence-corrected chi connectivity index (χ3v) is 6.57. The van der Waals surface area contributed by atoms with E-state index in [-0.39, 0.29) is 5.91 Å². The molecule has 31 heavy (non-hydrogen) atoms. The number of hydrogen-bond donors (Lipinski definition) is 1. The van der Waals surface area contributed by atoms with Gasteiger partial charge in [-0.25, -0.2) is 0 Å². The molecular formula is C24H26N4O2S. The number of amides is 1. The number of rotatable bonds is 7. The van der Waals surface area contributed by atoms with E-state index in [4.69, 9.17) is 4.28 Å². The summed E-state index contributed by atoms with van der Waals surface area (Å²) in [5, 5.41) is 1.08. The van der Waals surface area contributed by atoms with E-state index >= 15 is 0 Å². The quantitative estimate of drug-likeness (QED) is 0.438. The van der Waals surface area contributed by atoms with Crippen LogP contribution in [0.4, 0.5) is 5.69 Å². The second-order valence-electron chi connectivity index (χ2n) is 8.21. The molecule has 1 saturated carbocycles. The molecule has 2 heterocycles. The van der Waals surface area contributed by atoms with E-state index in [1.165, 1.54) is 31.4 Å². The van der Waals surface area contributed by atoms with Crippen molar-refractivity contribution in [2.75, 3.05) is 38.2 Å². The van der Waals surface area contributed by atoms with Gasteiger partial charge >= 0.3 is 0 Å². The number of fused-ring (bicyclic) bond motifs is 1. The van der Waals surface area contributed by atoms with E-state index < -0.39 is 0 Å². The van der Waals surface area contributed by atoms with Gasteiger partial charge in [0.1, 0.15) is 0 Å². The molecule has 0 bridgehead atoms. The van der Waals surface area contributed by atoms with Crippen molar-refractivity contribution in [3.8, 4) is 0 Å². The number of nitrogens with zero attached hydrogens (tertiary/aromatic N) is 3. The van der Waals surface area contributed by atoms with Crippen LogP contribution in [0.15, 0.2) is 65.7 Å². The SMILES string of the molecule is O=C(c1ccc(NOSc2cccc3cccnc23)cc1)N1CCN(CC2CC2)CC1. The molecule has 0 spiro atoms. The second-order valence-corrected chi connectivity index (χ2v) is 8.99. The number of pyridine rings is 1. The first kappa shape index (κ1) is 20.3. The van der Waals surface area contributed by atoms with Crippen LogP contribution in [0, 0.1) is 5.92 Å². The first-order valence-electron chi connectivity index (χ1n) is 10.8. The van der Waals surface area contributed by atoms with Crippen LogP contribution in [-0.2, 0) is 4.28 Å². The van der Waals surface area contributed by atoms with Crippen LogP contribution in [-0.4, -0.2) is 53.4 Å². The summed E-state index contributed by atoms with van der Waals surface area (Å²) in [7, 11) is 0. The van der Waals surface area contributed by atoms with E-state index in [1.54, 1.807) is 6.20 Å². The molecule has 7 heteroatoms. The molecule has 0 unspecified atom stereocenters. The Bertz CT molecular complexity index is 1040. The number of carbonyl (C=O) groups is 1. The molecule has 160 valence electrons. The van der Waals surface area contributed by atoms with Gasteiger partial charge in [0.25, 0.3) is 5.91 Å². The maximum atomic E-state index is 12.8. The average molecular weight is 435 g/mol. The van der Waals surface area contributed by atoms with Gasteiger partial charge in [0, 0.05) is 49.9 Å². The zero-order chi connectivity index (χ0) is 21.0. The summed E-state index contributed by atoms with van der Waals surface area (Å²) in [6.07, 6.45) is 4.53. The van der Waals surface area contributed by atoms with Gasteiger partial charge in [-0.3, -0.25) is 20.2 Å². The summed E-state index contributed by atoms with van der Waals surface area (Å²) in [4.78, 5) is 22.7. The lowest BCUT2D eigenvalue weighted by Crippen LogP contribution is -2.49. The van der Waals surface area contributed by atoms with E-state index in [0.717, 1.165) is 53.6 Å². The van der Waals surface area contributed by atoms with Crippen LogP contribution >= 0.6 is 12.0 Å². The van der Waals surface area contributed by atoms with E-state index in [2.05, 4.69) is 15.4 Å². The molecule has 2 aliphatic rings. The number of piperazine rings is 1. The van der Waals surface area contributed by atoms with Crippen molar-refractivity contribution in [1.29, 1.82) is 0 Å². The first-order chi connectivity index (χ1) is 15.3. The molecule has 2 fully saturated rings. The predicted molar refractivity (Wildman–Crippen MR) is 124 cm³/mol. The molecule has 1 N–H and O–H groups in total. The number of para-hydroxylation sites is 1.